The molecule has 1 N–H and O–H groups in total. The van der Waals surface area contributed by atoms with Crippen LogP contribution in [0.2, 0.25) is 0 Å². The molecule has 0 aromatic carbocycles. The lowest BCUT2D eigenvalue weighted by molar-refractivity contribution is -0.385. The van der Waals surface area contributed by atoms with E-state index < -0.39 is 41.0 Å². The molecule has 2 heterocycles. The molecule has 1 saturated heterocycles. The first kappa shape index (κ1) is 16.6. The molecule has 2 rings (SSSR count). The number of ether oxygens (including phenoxy) is 1. The van der Waals surface area contributed by atoms with Crippen molar-refractivity contribution < 1.29 is 24.4 Å². The molecule has 10 heteroatoms. The van der Waals surface area contributed by atoms with Crippen molar-refractivity contribution in [3.8, 4) is 0 Å². The van der Waals surface area contributed by atoms with Gasteiger partial charge in [-0.25, -0.2) is 4.79 Å². The Bertz CT molecular complexity index is 699. The number of amides is 1. The first-order valence-electron chi connectivity index (χ1n) is 6.73. The number of pyridine rings is 1. The lowest BCUT2D eigenvalue weighted by Crippen LogP contribution is -2.43. The maximum absolute atomic E-state index is 12.3. The highest BCUT2D eigenvalue weighted by Gasteiger charge is 2.39. The van der Waals surface area contributed by atoms with E-state index in [0.717, 1.165) is 27.8 Å². The van der Waals surface area contributed by atoms with Crippen LogP contribution >= 0.6 is 0 Å². The summed E-state index contributed by atoms with van der Waals surface area (Å²) in [6.07, 6.45) is 0.711. The second-order valence-electron chi connectivity index (χ2n) is 5.10. The van der Waals surface area contributed by atoms with Crippen LogP contribution in [0, 0.1) is 10.1 Å². The first-order valence-corrected chi connectivity index (χ1v) is 6.73. The summed E-state index contributed by atoms with van der Waals surface area (Å²) in [5.74, 6) is -1.77. The molecule has 1 aliphatic heterocycles. The molecule has 23 heavy (non-hydrogen) atoms. The summed E-state index contributed by atoms with van der Waals surface area (Å²) < 4.78 is 5.97. The summed E-state index contributed by atoms with van der Waals surface area (Å²) in [6, 6.07) is 0.990. The van der Waals surface area contributed by atoms with Gasteiger partial charge in [-0.2, -0.15) is 0 Å². The fraction of sp³-hybridized carbons (Fsp3) is 0.462. The van der Waals surface area contributed by atoms with Crippen molar-refractivity contribution in [2.75, 3.05) is 13.7 Å². The molecule has 0 aliphatic carbocycles. The van der Waals surface area contributed by atoms with Crippen molar-refractivity contribution in [1.29, 1.82) is 0 Å². The third-order valence-electron chi connectivity index (χ3n) is 3.69. The number of nitro groups is 1. The van der Waals surface area contributed by atoms with Gasteiger partial charge in [0.05, 0.1) is 17.2 Å². The maximum Gasteiger partial charge on any atom is 0.326 e. The van der Waals surface area contributed by atoms with E-state index in [4.69, 9.17) is 4.74 Å². The summed E-state index contributed by atoms with van der Waals surface area (Å²) in [4.78, 5) is 46.4. The number of nitrogens with zero attached hydrogens (tertiary/aromatic N) is 3. The standard InChI is InChI=1S/C13H15N3O7/c1-23-9-4-10(13(19)20)15(6-9)12(18)7-14-5-8(16(21)22)2-3-11(14)17/h2-3,5,9-10H,4,6-7H2,1H3,(H,19,20). The van der Waals surface area contributed by atoms with Gasteiger partial charge in [0.15, 0.2) is 0 Å². The Labute approximate surface area is 130 Å². The van der Waals surface area contributed by atoms with Gasteiger partial charge in [0, 0.05) is 32.2 Å². The van der Waals surface area contributed by atoms with E-state index in [9.17, 15) is 29.6 Å². The molecule has 0 radical (unpaired) electrons. The largest absolute Gasteiger partial charge is 0.480 e. The van der Waals surface area contributed by atoms with Gasteiger partial charge in [-0.1, -0.05) is 0 Å². The number of hydrogen-bond donors (Lipinski definition) is 1. The minimum atomic E-state index is -1.16. The van der Waals surface area contributed by atoms with E-state index in [-0.39, 0.29) is 18.7 Å². The molecule has 0 saturated carbocycles. The van der Waals surface area contributed by atoms with Crippen molar-refractivity contribution in [3.63, 3.8) is 0 Å². The lowest BCUT2D eigenvalue weighted by Gasteiger charge is -2.21. The molecule has 2 unspecified atom stereocenters. The monoisotopic (exact) mass is 325 g/mol. The molecular weight excluding hydrogens is 310 g/mol. The summed E-state index contributed by atoms with van der Waals surface area (Å²) >= 11 is 0. The van der Waals surface area contributed by atoms with Gasteiger partial charge >= 0.3 is 5.97 Å². The van der Waals surface area contributed by atoms with Gasteiger partial charge in [0.2, 0.25) is 5.91 Å². The van der Waals surface area contributed by atoms with Crippen LogP contribution in [0.15, 0.2) is 23.1 Å². The highest BCUT2D eigenvalue weighted by atomic mass is 16.6. The molecular formula is C13H15N3O7. The highest BCUT2D eigenvalue weighted by molar-refractivity contribution is 5.84. The second kappa shape index (κ2) is 6.57. The number of carbonyl (C=O) groups excluding carboxylic acids is 1. The summed E-state index contributed by atoms with van der Waals surface area (Å²) in [6.45, 7) is -0.378. The number of hydrogen-bond acceptors (Lipinski definition) is 6. The fourth-order valence-corrected chi connectivity index (χ4v) is 2.46. The second-order valence-corrected chi connectivity index (χ2v) is 5.10. The van der Waals surface area contributed by atoms with Gasteiger partial charge in [0.1, 0.15) is 12.6 Å². The van der Waals surface area contributed by atoms with Gasteiger partial charge in [-0.15, -0.1) is 0 Å². The van der Waals surface area contributed by atoms with Crippen LogP contribution in [0.5, 0.6) is 0 Å². The third kappa shape index (κ3) is 3.54. The van der Waals surface area contributed by atoms with Gasteiger partial charge in [-0.3, -0.25) is 24.3 Å². The Balaban J connectivity index is 2.21. The van der Waals surface area contributed by atoms with Gasteiger partial charge in [-0.05, 0) is 0 Å². The van der Waals surface area contributed by atoms with Crippen LogP contribution in [0.25, 0.3) is 0 Å². The number of likely N-dealkylation sites (tertiary alicyclic amines) is 1. The Hall–Kier alpha value is -2.75. The minimum Gasteiger partial charge on any atom is -0.480 e. The maximum atomic E-state index is 12.3. The number of methoxy groups -OCH3 is 1. The number of carboxylic acids is 1. The zero-order valence-electron chi connectivity index (χ0n) is 12.2. The van der Waals surface area contributed by atoms with Crippen molar-refractivity contribution >= 4 is 17.6 Å². The number of carbonyl (C=O) groups is 2. The summed E-state index contributed by atoms with van der Waals surface area (Å²) in [5.41, 5.74) is -0.915. The molecule has 10 nitrogen and oxygen atoms in total. The number of aromatic nitrogens is 1. The van der Waals surface area contributed by atoms with E-state index in [1.165, 1.54) is 7.11 Å². The van der Waals surface area contributed by atoms with Crippen LogP contribution in [0.4, 0.5) is 5.69 Å². The Morgan fingerprint density at radius 3 is 2.74 bits per heavy atom. The van der Waals surface area contributed by atoms with E-state index in [2.05, 4.69) is 0 Å². The average Bonchev–Trinajstić information content (AvgIpc) is 2.94. The van der Waals surface area contributed by atoms with E-state index in [1.807, 2.05) is 0 Å². The number of rotatable bonds is 5. The molecule has 0 spiro atoms. The summed E-state index contributed by atoms with van der Waals surface area (Å²) in [5, 5.41) is 19.9. The molecule has 1 aliphatic rings. The molecule has 1 aromatic rings. The van der Waals surface area contributed by atoms with E-state index >= 15 is 0 Å². The average molecular weight is 325 g/mol. The number of carboxylic acid groups (broad SMARTS) is 1. The normalized spacial score (nSPS) is 20.5. The number of aliphatic carboxylic acids is 1. The van der Waals surface area contributed by atoms with Gasteiger partial charge < -0.3 is 14.7 Å². The first-order chi connectivity index (χ1) is 10.8. The minimum absolute atomic E-state index is 0.0932. The van der Waals surface area contributed by atoms with Crippen LogP contribution < -0.4 is 5.56 Å². The Kier molecular flexibility index (Phi) is 4.74. The molecule has 0 bridgehead atoms. The van der Waals surface area contributed by atoms with Crippen LogP contribution in [0.3, 0.4) is 0 Å². The quantitative estimate of drug-likeness (QED) is 0.567. The Morgan fingerprint density at radius 1 is 1.48 bits per heavy atom. The van der Waals surface area contributed by atoms with Gasteiger partial charge in [0.25, 0.3) is 11.2 Å². The van der Waals surface area contributed by atoms with Crippen molar-refractivity contribution in [3.05, 3.63) is 38.8 Å². The van der Waals surface area contributed by atoms with Crippen molar-refractivity contribution in [2.45, 2.75) is 25.1 Å². The van der Waals surface area contributed by atoms with Crippen molar-refractivity contribution in [2.24, 2.45) is 0 Å². The van der Waals surface area contributed by atoms with Crippen molar-refractivity contribution in [1.82, 2.24) is 9.47 Å². The molecule has 124 valence electrons. The zero-order chi connectivity index (χ0) is 17.1. The zero-order valence-corrected chi connectivity index (χ0v) is 12.2. The predicted molar refractivity (Wildman–Crippen MR) is 75.9 cm³/mol. The van der Waals surface area contributed by atoms with Crippen LogP contribution in [-0.2, 0) is 20.9 Å². The van der Waals surface area contributed by atoms with E-state index in [1.54, 1.807) is 0 Å². The molecule has 2 atom stereocenters. The lowest BCUT2D eigenvalue weighted by atomic mass is 10.2. The molecule has 1 fully saturated rings. The predicted octanol–water partition coefficient (Wildman–Crippen LogP) is -0.543. The Morgan fingerprint density at radius 2 is 2.17 bits per heavy atom. The van der Waals surface area contributed by atoms with Crippen LogP contribution in [0.1, 0.15) is 6.42 Å². The highest BCUT2D eigenvalue weighted by Crippen LogP contribution is 2.21. The smallest absolute Gasteiger partial charge is 0.326 e. The topological polar surface area (TPSA) is 132 Å². The van der Waals surface area contributed by atoms with E-state index in [0.29, 0.717) is 0 Å². The third-order valence-corrected chi connectivity index (χ3v) is 3.69. The SMILES string of the molecule is COC1CC(C(=O)O)N(C(=O)Cn2cc([N+](=O)[O-])ccc2=O)C1. The molecule has 1 amide bonds. The molecule has 1 aromatic heterocycles. The summed E-state index contributed by atoms with van der Waals surface area (Å²) in [7, 11) is 1.42. The fourth-order valence-electron chi connectivity index (χ4n) is 2.46. The van der Waals surface area contributed by atoms with Crippen LogP contribution in [-0.4, -0.2) is 57.2 Å².